The van der Waals surface area contributed by atoms with Crippen molar-refractivity contribution in [3.05, 3.63) is 28.8 Å². The van der Waals surface area contributed by atoms with E-state index in [4.69, 9.17) is 11.6 Å². The summed E-state index contributed by atoms with van der Waals surface area (Å²) in [6.07, 6.45) is 0.839. The Hall–Kier alpha value is -1.15. The number of carbonyl (C=O) groups excluding carboxylic acids is 1. The molecule has 0 heterocycles. The summed E-state index contributed by atoms with van der Waals surface area (Å²) in [6.45, 7) is 11.8. The number of benzene rings is 1. The Kier molecular flexibility index (Phi) is 9.57. The van der Waals surface area contributed by atoms with Crippen LogP contribution in [0.15, 0.2) is 23.1 Å². The Bertz CT molecular complexity index is 687. The molecular weight excluding hydrogens is 374 g/mol. The van der Waals surface area contributed by atoms with E-state index in [0.717, 1.165) is 26.1 Å². The predicted molar refractivity (Wildman–Crippen MR) is 106 cm³/mol. The molecule has 0 atom stereocenters. The van der Waals surface area contributed by atoms with Crippen molar-refractivity contribution in [2.24, 2.45) is 0 Å². The lowest BCUT2D eigenvalue weighted by Crippen LogP contribution is -2.32. The number of nitrogens with one attached hydrogen (secondary N) is 1. The van der Waals surface area contributed by atoms with Crippen molar-refractivity contribution in [3.63, 3.8) is 0 Å². The van der Waals surface area contributed by atoms with Crippen LogP contribution in [0.4, 0.5) is 0 Å². The lowest BCUT2D eigenvalue weighted by Gasteiger charge is -2.20. The lowest BCUT2D eigenvalue weighted by atomic mass is 10.2. The summed E-state index contributed by atoms with van der Waals surface area (Å²) in [5.41, 5.74) is 0.294. The molecule has 0 saturated carbocycles. The lowest BCUT2D eigenvalue weighted by molar-refractivity contribution is 0.0951. The van der Waals surface area contributed by atoms with Gasteiger partial charge in [-0.05, 0) is 44.3 Å². The summed E-state index contributed by atoms with van der Waals surface area (Å²) in [4.78, 5) is 14.6. The summed E-state index contributed by atoms with van der Waals surface area (Å²) in [7, 11) is -3.72. The largest absolute Gasteiger partial charge is 0.352 e. The highest BCUT2D eigenvalue weighted by Gasteiger charge is 2.25. The van der Waals surface area contributed by atoms with E-state index in [2.05, 4.69) is 24.1 Å². The molecule has 0 unspecified atom stereocenters. The summed E-state index contributed by atoms with van der Waals surface area (Å²) in [5, 5.41) is 2.96. The van der Waals surface area contributed by atoms with E-state index < -0.39 is 10.0 Å². The van der Waals surface area contributed by atoms with Gasteiger partial charge in [-0.3, -0.25) is 4.79 Å². The average molecular weight is 404 g/mol. The maximum Gasteiger partial charge on any atom is 0.251 e. The molecule has 26 heavy (non-hydrogen) atoms. The standard InChI is InChI=1S/C18H30ClN3O3S/c1-5-21(6-2)13-9-12-20-18(23)15-10-11-16(19)17(14-15)26(24,25)22(7-3)8-4/h10-11,14H,5-9,12-13H2,1-4H3,(H,20,23). The van der Waals surface area contributed by atoms with Crippen LogP contribution in [0.1, 0.15) is 44.5 Å². The average Bonchev–Trinajstić information content (AvgIpc) is 2.62. The van der Waals surface area contributed by atoms with Gasteiger partial charge in [0.15, 0.2) is 0 Å². The van der Waals surface area contributed by atoms with Gasteiger partial charge in [0.25, 0.3) is 5.91 Å². The first-order chi connectivity index (χ1) is 12.3. The molecule has 6 nitrogen and oxygen atoms in total. The summed E-state index contributed by atoms with van der Waals surface area (Å²) in [6, 6.07) is 4.36. The van der Waals surface area contributed by atoms with Crippen LogP contribution >= 0.6 is 11.6 Å². The van der Waals surface area contributed by atoms with Gasteiger partial charge < -0.3 is 10.2 Å². The van der Waals surface area contributed by atoms with E-state index in [9.17, 15) is 13.2 Å². The van der Waals surface area contributed by atoms with Gasteiger partial charge in [-0.2, -0.15) is 4.31 Å². The Morgan fingerprint density at radius 3 is 2.23 bits per heavy atom. The van der Waals surface area contributed by atoms with Crippen LogP contribution in [-0.4, -0.2) is 62.8 Å². The van der Waals surface area contributed by atoms with Crippen molar-refractivity contribution in [2.75, 3.05) is 39.3 Å². The van der Waals surface area contributed by atoms with Crippen LogP contribution in [0.5, 0.6) is 0 Å². The van der Waals surface area contributed by atoms with Crippen molar-refractivity contribution in [3.8, 4) is 0 Å². The first-order valence-corrected chi connectivity index (χ1v) is 10.9. The third kappa shape index (κ3) is 5.94. The third-order valence-corrected chi connectivity index (χ3v) is 6.88. The number of sulfonamides is 1. The SMILES string of the molecule is CCN(CC)CCCNC(=O)c1ccc(Cl)c(S(=O)(=O)N(CC)CC)c1. The summed E-state index contributed by atoms with van der Waals surface area (Å²) < 4.78 is 26.7. The van der Waals surface area contributed by atoms with E-state index in [1.807, 2.05) is 0 Å². The highest BCUT2D eigenvalue weighted by Crippen LogP contribution is 2.25. The van der Waals surface area contributed by atoms with E-state index in [1.165, 1.54) is 16.4 Å². The second-order valence-corrected chi connectivity index (χ2v) is 8.18. The zero-order valence-electron chi connectivity index (χ0n) is 16.1. The van der Waals surface area contributed by atoms with E-state index in [-0.39, 0.29) is 15.8 Å². The quantitative estimate of drug-likeness (QED) is 0.577. The molecular formula is C18H30ClN3O3S. The van der Waals surface area contributed by atoms with Crippen LogP contribution in [0.3, 0.4) is 0 Å². The summed E-state index contributed by atoms with van der Waals surface area (Å²) >= 11 is 6.09. The number of amides is 1. The predicted octanol–water partition coefficient (Wildman–Crippen LogP) is 2.83. The Balaban J connectivity index is 2.84. The molecule has 0 aromatic heterocycles. The molecule has 0 aliphatic rings. The highest BCUT2D eigenvalue weighted by molar-refractivity contribution is 7.89. The fourth-order valence-electron chi connectivity index (χ4n) is 2.69. The number of carbonyl (C=O) groups is 1. The fourth-order valence-corrected chi connectivity index (χ4v) is 4.65. The second-order valence-electron chi connectivity index (χ2n) is 5.87. The molecule has 0 saturated heterocycles. The van der Waals surface area contributed by atoms with Gasteiger partial charge >= 0.3 is 0 Å². The Labute approximate surface area is 162 Å². The van der Waals surface area contributed by atoms with Gasteiger partial charge in [0.05, 0.1) is 5.02 Å². The van der Waals surface area contributed by atoms with Crippen molar-refractivity contribution in [1.82, 2.24) is 14.5 Å². The van der Waals surface area contributed by atoms with Crippen molar-refractivity contribution in [2.45, 2.75) is 39.0 Å². The van der Waals surface area contributed by atoms with Crippen molar-refractivity contribution >= 4 is 27.5 Å². The van der Waals surface area contributed by atoms with Gasteiger partial charge in [0.1, 0.15) is 4.90 Å². The molecule has 1 amide bonds. The zero-order valence-corrected chi connectivity index (χ0v) is 17.7. The maximum atomic E-state index is 12.7. The minimum absolute atomic E-state index is 0.0290. The maximum absolute atomic E-state index is 12.7. The van der Waals surface area contributed by atoms with Crippen molar-refractivity contribution < 1.29 is 13.2 Å². The van der Waals surface area contributed by atoms with Crippen molar-refractivity contribution in [1.29, 1.82) is 0 Å². The van der Waals surface area contributed by atoms with Gasteiger partial charge in [-0.1, -0.05) is 39.3 Å². The molecule has 8 heteroatoms. The number of halogens is 1. The monoisotopic (exact) mass is 403 g/mol. The molecule has 0 aliphatic heterocycles. The van der Waals surface area contributed by atoms with Crippen LogP contribution in [0, 0.1) is 0 Å². The van der Waals surface area contributed by atoms with E-state index >= 15 is 0 Å². The smallest absolute Gasteiger partial charge is 0.251 e. The highest BCUT2D eigenvalue weighted by atomic mass is 35.5. The zero-order chi connectivity index (χ0) is 19.7. The molecule has 1 aromatic rings. The molecule has 0 aliphatic carbocycles. The molecule has 1 aromatic carbocycles. The fraction of sp³-hybridized carbons (Fsp3) is 0.611. The first kappa shape index (κ1) is 22.9. The van der Waals surface area contributed by atoms with Crippen LogP contribution in [0.25, 0.3) is 0 Å². The number of rotatable bonds is 11. The van der Waals surface area contributed by atoms with Gasteiger partial charge in [0, 0.05) is 25.2 Å². The van der Waals surface area contributed by atoms with Crippen LogP contribution in [-0.2, 0) is 10.0 Å². The van der Waals surface area contributed by atoms with Gasteiger partial charge in [-0.25, -0.2) is 8.42 Å². The number of hydrogen-bond donors (Lipinski definition) is 1. The Morgan fingerprint density at radius 2 is 1.69 bits per heavy atom. The molecule has 0 spiro atoms. The van der Waals surface area contributed by atoms with E-state index in [0.29, 0.717) is 25.2 Å². The number of hydrogen-bond acceptors (Lipinski definition) is 4. The van der Waals surface area contributed by atoms with Gasteiger partial charge in [0.2, 0.25) is 10.0 Å². The number of nitrogens with zero attached hydrogens (tertiary/aromatic N) is 2. The topological polar surface area (TPSA) is 69.7 Å². The van der Waals surface area contributed by atoms with E-state index in [1.54, 1.807) is 19.9 Å². The molecule has 1 N–H and O–H groups in total. The Morgan fingerprint density at radius 1 is 1.08 bits per heavy atom. The minimum Gasteiger partial charge on any atom is -0.352 e. The summed E-state index contributed by atoms with van der Waals surface area (Å²) in [5.74, 6) is -0.294. The minimum atomic E-state index is -3.72. The second kappa shape index (κ2) is 10.9. The van der Waals surface area contributed by atoms with Crippen LogP contribution < -0.4 is 5.32 Å². The third-order valence-electron chi connectivity index (χ3n) is 4.35. The molecule has 0 radical (unpaired) electrons. The first-order valence-electron chi connectivity index (χ1n) is 9.11. The molecule has 0 fully saturated rings. The molecule has 0 bridgehead atoms. The van der Waals surface area contributed by atoms with Crippen LogP contribution in [0.2, 0.25) is 5.02 Å². The van der Waals surface area contributed by atoms with Gasteiger partial charge in [-0.15, -0.1) is 0 Å². The molecule has 148 valence electrons. The normalized spacial score (nSPS) is 12.0. The molecule has 1 rings (SSSR count).